The van der Waals surface area contributed by atoms with Crippen molar-refractivity contribution in [1.82, 2.24) is 10.7 Å². The van der Waals surface area contributed by atoms with E-state index in [0.29, 0.717) is 36.0 Å². The normalized spacial score (nSPS) is 21.1. The number of aliphatic hydroxyl groups is 1. The fraction of sp³-hybridized carbons (Fsp3) is 0.391. The Bertz CT molecular complexity index is 907. The van der Waals surface area contributed by atoms with Crippen LogP contribution in [0.25, 0.3) is 0 Å². The lowest BCUT2D eigenvalue weighted by molar-refractivity contribution is -0.0681. The molecule has 1 aliphatic rings. The van der Waals surface area contributed by atoms with Crippen molar-refractivity contribution >= 4 is 35.1 Å². The van der Waals surface area contributed by atoms with Crippen molar-refractivity contribution in [2.24, 2.45) is 5.10 Å². The predicted octanol–water partition coefficient (Wildman–Crippen LogP) is 3.99. The van der Waals surface area contributed by atoms with Crippen LogP contribution in [0.5, 0.6) is 5.75 Å². The van der Waals surface area contributed by atoms with Crippen molar-refractivity contribution in [3.63, 3.8) is 0 Å². The second kappa shape index (κ2) is 11.4. The van der Waals surface area contributed by atoms with E-state index in [-0.39, 0.29) is 12.2 Å². The highest BCUT2D eigenvalue weighted by Crippen LogP contribution is 2.33. The molecule has 8 heteroatoms. The van der Waals surface area contributed by atoms with Crippen LogP contribution >= 0.6 is 23.8 Å². The highest BCUT2D eigenvalue weighted by molar-refractivity contribution is 7.80. The Morgan fingerprint density at radius 3 is 2.77 bits per heavy atom. The molecule has 2 aromatic carbocycles. The van der Waals surface area contributed by atoms with Gasteiger partial charge in [-0.1, -0.05) is 35.9 Å². The highest BCUT2D eigenvalue weighted by atomic mass is 35.5. The van der Waals surface area contributed by atoms with Crippen LogP contribution in [-0.4, -0.2) is 42.3 Å². The smallest absolute Gasteiger partial charge is 0.186 e. The van der Waals surface area contributed by atoms with E-state index in [0.717, 1.165) is 22.4 Å². The summed E-state index contributed by atoms with van der Waals surface area (Å²) < 4.78 is 11.7. The van der Waals surface area contributed by atoms with Crippen molar-refractivity contribution in [3.05, 3.63) is 64.2 Å². The van der Waals surface area contributed by atoms with Crippen LogP contribution in [0.1, 0.15) is 42.6 Å². The van der Waals surface area contributed by atoms with Gasteiger partial charge in [-0.3, -0.25) is 5.43 Å². The van der Waals surface area contributed by atoms with E-state index in [2.05, 4.69) is 21.9 Å². The highest BCUT2D eigenvalue weighted by Gasteiger charge is 2.29. The molecule has 6 nitrogen and oxygen atoms in total. The van der Waals surface area contributed by atoms with E-state index in [4.69, 9.17) is 33.3 Å². The molecule has 1 fully saturated rings. The van der Waals surface area contributed by atoms with Crippen molar-refractivity contribution in [2.45, 2.75) is 44.5 Å². The van der Waals surface area contributed by atoms with Crippen LogP contribution in [0, 0.1) is 0 Å². The third-order valence-corrected chi connectivity index (χ3v) is 5.70. The number of nitrogens with zero attached hydrogens (tertiary/aromatic N) is 1. The molecular formula is C23H28ClN3O3S. The lowest BCUT2D eigenvalue weighted by Crippen LogP contribution is -2.34. The zero-order valence-electron chi connectivity index (χ0n) is 17.7. The summed E-state index contributed by atoms with van der Waals surface area (Å²) in [6, 6.07) is 13.9. The Morgan fingerprint density at radius 2 is 2.06 bits per heavy atom. The number of nitrogens with one attached hydrogen (secondary N) is 2. The molecule has 0 bridgehead atoms. The van der Waals surface area contributed by atoms with Gasteiger partial charge in [0.25, 0.3) is 0 Å². The summed E-state index contributed by atoms with van der Waals surface area (Å²) in [4.78, 5) is 0. The Labute approximate surface area is 193 Å². The number of hydrogen-bond acceptors (Lipinski definition) is 5. The monoisotopic (exact) mass is 461 g/mol. The second-order valence-electron chi connectivity index (χ2n) is 7.36. The van der Waals surface area contributed by atoms with Gasteiger partial charge in [0.05, 0.1) is 31.1 Å². The van der Waals surface area contributed by atoms with E-state index in [1.807, 2.05) is 43.3 Å². The molecule has 0 spiro atoms. The minimum Gasteiger partial charge on any atom is -0.494 e. The first kappa shape index (κ1) is 23.5. The van der Waals surface area contributed by atoms with Gasteiger partial charge in [-0.15, -0.1) is 0 Å². The zero-order chi connectivity index (χ0) is 22.2. The topological polar surface area (TPSA) is 75.1 Å². The number of rotatable bonds is 7. The molecule has 2 aromatic rings. The van der Waals surface area contributed by atoms with E-state index >= 15 is 0 Å². The maximum absolute atomic E-state index is 10.4. The van der Waals surface area contributed by atoms with Gasteiger partial charge in [0.2, 0.25) is 0 Å². The maximum Gasteiger partial charge on any atom is 0.186 e. The number of thiocarbonyl (C=S) groups is 1. The van der Waals surface area contributed by atoms with Crippen molar-refractivity contribution in [2.75, 3.05) is 13.7 Å². The average molecular weight is 462 g/mol. The summed E-state index contributed by atoms with van der Waals surface area (Å²) in [7, 11) is 1.72. The van der Waals surface area contributed by atoms with Gasteiger partial charge >= 0.3 is 0 Å². The minimum absolute atomic E-state index is 0.243. The van der Waals surface area contributed by atoms with Gasteiger partial charge in [-0.25, -0.2) is 0 Å². The minimum atomic E-state index is -0.475. The molecule has 3 rings (SSSR count). The van der Waals surface area contributed by atoms with Crippen molar-refractivity contribution < 1.29 is 14.6 Å². The zero-order valence-corrected chi connectivity index (χ0v) is 19.2. The van der Waals surface area contributed by atoms with E-state index in [9.17, 15) is 5.11 Å². The molecule has 166 valence electrons. The molecule has 1 aliphatic heterocycles. The third kappa shape index (κ3) is 6.90. The van der Waals surface area contributed by atoms with Crippen LogP contribution in [0.15, 0.2) is 47.6 Å². The largest absolute Gasteiger partial charge is 0.494 e. The van der Waals surface area contributed by atoms with Crippen LogP contribution in [0.3, 0.4) is 0 Å². The van der Waals surface area contributed by atoms with E-state index in [1.54, 1.807) is 13.3 Å². The van der Waals surface area contributed by atoms with E-state index in [1.165, 1.54) is 0 Å². The summed E-state index contributed by atoms with van der Waals surface area (Å²) in [5.74, 6) is 0.855. The summed E-state index contributed by atoms with van der Waals surface area (Å²) in [5.41, 5.74) is 5.85. The van der Waals surface area contributed by atoms with Gasteiger partial charge in [-0.2, -0.15) is 5.10 Å². The Kier molecular flexibility index (Phi) is 8.66. The fourth-order valence-electron chi connectivity index (χ4n) is 3.50. The molecular weight excluding hydrogens is 434 g/mol. The van der Waals surface area contributed by atoms with Gasteiger partial charge in [0.1, 0.15) is 5.75 Å². The first-order chi connectivity index (χ1) is 15.0. The Hall–Kier alpha value is -2.19. The number of ether oxygens (including phenoxy) is 2. The molecule has 0 radical (unpaired) electrons. The van der Waals surface area contributed by atoms with Gasteiger partial charge < -0.3 is 19.9 Å². The van der Waals surface area contributed by atoms with Crippen LogP contribution < -0.4 is 15.5 Å². The molecule has 0 aromatic heterocycles. The standard InChI is InChI=1S/C23H28ClN3O3S/c1-3-29-19-7-4-15(5-8-19)10-17-11-16(6-9-21(17)24)22-13-18(28)12-20(30-22)14-26-27-23(31)25-2/h4-9,11,14,18,20,22,28H,3,10,12-13H2,1-2H3,(H2,25,27,31). The molecule has 0 aliphatic carbocycles. The molecule has 1 heterocycles. The lowest BCUT2D eigenvalue weighted by Gasteiger charge is -2.32. The molecule has 31 heavy (non-hydrogen) atoms. The van der Waals surface area contributed by atoms with Crippen molar-refractivity contribution in [1.29, 1.82) is 0 Å². The number of hydrogen-bond donors (Lipinski definition) is 3. The summed E-state index contributed by atoms with van der Waals surface area (Å²) in [6.07, 6.45) is 2.31. The van der Waals surface area contributed by atoms with Crippen molar-refractivity contribution in [3.8, 4) is 5.75 Å². The van der Waals surface area contributed by atoms with Gasteiger partial charge in [0, 0.05) is 24.9 Å². The summed E-state index contributed by atoms with van der Waals surface area (Å²) >= 11 is 11.5. The van der Waals surface area contributed by atoms with Crippen LogP contribution in [0.2, 0.25) is 5.02 Å². The Balaban J connectivity index is 1.71. The van der Waals surface area contributed by atoms with Gasteiger partial charge in [0.15, 0.2) is 5.11 Å². The summed E-state index contributed by atoms with van der Waals surface area (Å²) in [5, 5.41) is 18.4. The quantitative estimate of drug-likeness (QED) is 0.329. The molecule has 1 saturated heterocycles. The summed E-state index contributed by atoms with van der Waals surface area (Å²) in [6.45, 7) is 2.61. The van der Waals surface area contributed by atoms with E-state index < -0.39 is 6.10 Å². The predicted molar refractivity (Wildman–Crippen MR) is 128 cm³/mol. The second-order valence-corrected chi connectivity index (χ2v) is 8.18. The van der Waals surface area contributed by atoms with Crippen LogP contribution in [-0.2, 0) is 11.2 Å². The number of benzene rings is 2. The lowest BCUT2D eigenvalue weighted by atomic mass is 9.94. The molecule has 3 unspecified atom stereocenters. The first-order valence-electron chi connectivity index (χ1n) is 10.3. The maximum atomic E-state index is 10.4. The Morgan fingerprint density at radius 1 is 1.29 bits per heavy atom. The molecule has 3 atom stereocenters. The number of aliphatic hydroxyl groups excluding tert-OH is 1. The van der Waals surface area contributed by atoms with Gasteiger partial charge in [-0.05, 0) is 60.5 Å². The van der Waals surface area contributed by atoms with Crippen LogP contribution in [0.4, 0.5) is 0 Å². The number of hydrazone groups is 1. The first-order valence-corrected chi connectivity index (χ1v) is 11.1. The third-order valence-electron chi connectivity index (χ3n) is 5.03. The molecule has 3 N–H and O–H groups in total. The fourth-order valence-corrected chi connectivity index (χ4v) is 3.74. The number of halogens is 1. The SMILES string of the molecule is CCOc1ccc(Cc2cc(C3CC(O)CC(C=NNC(=S)NC)O3)ccc2Cl)cc1. The molecule has 0 amide bonds. The molecule has 0 saturated carbocycles. The average Bonchev–Trinajstić information content (AvgIpc) is 2.76.